The van der Waals surface area contributed by atoms with Gasteiger partial charge >= 0.3 is 0 Å². The lowest BCUT2D eigenvalue weighted by molar-refractivity contribution is 0.553. The first kappa shape index (κ1) is 4.88. The maximum absolute atomic E-state index is 9.63. The molecule has 0 atom stereocenters. The standard InChI is InChI=1S/C6H4O2/c7-4-3-6-2-1-5-8-6/h1-3,5H. The molecule has 1 aromatic rings. The largest absolute Gasteiger partial charge is 0.464 e. The molecule has 0 aliphatic heterocycles. The Bertz CT molecular complexity index is 192. The molecule has 0 fully saturated rings. The van der Waals surface area contributed by atoms with Gasteiger partial charge in [-0.1, -0.05) is 0 Å². The molecule has 0 saturated heterocycles. The molecule has 0 aliphatic carbocycles. The maximum atomic E-state index is 9.63. The number of carbonyl (C=O) groups excluding carboxylic acids is 1. The molecule has 0 saturated carbocycles. The molecule has 0 bridgehead atoms. The van der Waals surface area contributed by atoms with Crippen molar-refractivity contribution in [3.8, 4) is 0 Å². The summed E-state index contributed by atoms with van der Waals surface area (Å²) in [6.45, 7) is 0. The van der Waals surface area contributed by atoms with Crippen LogP contribution in [0.5, 0.6) is 0 Å². The van der Waals surface area contributed by atoms with Crippen molar-refractivity contribution in [2.24, 2.45) is 0 Å². The second-order valence-corrected chi connectivity index (χ2v) is 1.28. The lowest BCUT2D eigenvalue weighted by Crippen LogP contribution is -1.56. The molecule has 0 unspecified atom stereocenters. The Hall–Kier alpha value is -1.27. The lowest BCUT2D eigenvalue weighted by Gasteiger charge is -1.71. The van der Waals surface area contributed by atoms with Crippen LogP contribution >= 0.6 is 0 Å². The fourth-order valence-corrected chi connectivity index (χ4v) is 0.431. The van der Waals surface area contributed by atoms with Crippen LogP contribution in [0.25, 0.3) is 6.08 Å². The van der Waals surface area contributed by atoms with Crippen LogP contribution in [-0.2, 0) is 4.79 Å². The van der Waals surface area contributed by atoms with Gasteiger partial charge in [0.15, 0.2) is 0 Å². The van der Waals surface area contributed by atoms with Crippen LogP contribution in [0.2, 0.25) is 0 Å². The van der Waals surface area contributed by atoms with Gasteiger partial charge in [0.2, 0.25) is 0 Å². The van der Waals surface area contributed by atoms with Crippen molar-refractivity contribution in [3.63, 3.8) is 0 Å². The van der Waals surface area contributed by atoms with Crippen LogP contribution in [0.3, 0.4) is 0 Å². The van der Waals surface area contributed by atoms with Gasteiger partial charge in [0.25, 0.3) is 0 Å². The van der Waals surface area contributed by atoms with Crippen molar-refractivity contribution in [2.45, 2.75) is 0 Å². The maximum Gasteiger partial charge on any atom is 0.137 e. The molecule has 1 aromatic heterocycles. The number of hydrogen-bond donors (Lipinski definition) is 0. The zero-order valence-electron chi connectivity index (χ0n) is 4.13. The third-order valence-corrected chi connectivity index (χ3v) is 0.744. The van der Waals surface area contributed by atoms with E-state index in [2.05, 4.69) is 0 Å². The first-order valence-electron chi connectivity index (χ1n) is 2.18. The van der Waals surface area contributed by atoms with Crippen LogP contribution in [0.1, 0.15) is 5.76 Å². The molecule has 8 heavy (non-hydrogen) atoms. The summed E-state index contributed by atoms with van der Waals surface area (Å²) < 4.78 is 4.76. The molecule has 0 N–H and O–H groups in total. The minimum absolute atomic E-state index is 0.542. The second-order valence-electron chi connectivity index (χ2n) is 1.28. The van der Waals surface area contributed by atoms with E-state index in [1.807, 2.05) is 0 Å². The summed E-state index contributed by atoms with van der Waals surface area (Å²) in [5.41, 5.74) is 0. The third-order valence-electron chi connectivity index (χ3n) is 0.744. The average molecular weight is 108 g/mol. The van der Waals surface area contributed by atoms with Gasteiger partial charge in [-0.25, -0.2) is 4.79 Å². The quantitative estimate of drug-likeness (QED) is 0.504. The molecule has 2 nitrogen and oxygen atoms in total. The Morgan fingerprint density at radius 1 is 1.75 bits per heavy atom. The van der Waals surface area contributed by atoms with Crippen molar-refractivity contribution in [2.75, 3.05) is 0 Å². The number of furan rings is 1. The van der Waals surface area contributed by atoms with E-state index in [1.165, 1.54) is 12.3 Å². The number of hydrogen-bond acceptors (Lipinski definition) is 2. The first-order chi connectivity index (χ1) is 3.93. The van der Waals surface area contributed by atoms with E-state index in [0.717, 1.165) is 0 Å². The first-order valence-corrected chi connectivity index (χ1v) is 2.18. The minimum atomic E-state index is 0.542. The molecule has 1 heterocycles. The van der Waals surface area contributed by atoms with Crippen LogP contribution in [0.4, 0.5) is 0 Å². The minimum Gasteiger partial charge on any atom is -0.464 e. The van der Waals surface area contributed by atoms with Gasteiger partial charge in [-0.3, -0.25) is 0 Å². The smallest absolute Gasteiger partial charge is 0.137 e. The van der Waals surface area contributed by atoms with E-state index in [1.54, 1.807) is 18.1 Å². The molecule has 0 radical (unpaired) electrons. The van der Waals surface area contributed by atoms with Crippen molar-refractivity contribution in [1.82, 2.24) is 0 Å². The highest BCUT2D eigenvalue weighted by Crippen LogP contribution is 1.98. The summed E-state index contributed by atoms with van der Waals surface area (Å²) >= 11 is 0. The lowest BCUT2D eigenvalue weighted by atomic mass is 10.4. The topological polar surface area (TPSA) is 30.2 Å². The summed E-state index contributed by atoms with van der Waals surface area (Å²) in [6, 6.07) is 3.40. The van der Waals surface area contributed by atoms with Gasteiger partial charge in [0.05, 0.1) is 12.3 Å². The molecule has 0 aliphatic rings. The van der Waals surface area contributed by atoms with E-state index < -0.39 is 0 Å². The molecule has 0 spiro atoms. The summed E-state index contributed by atoms with van der Waals surface area (Å²) in [7, 11) is 0. The van der Waals surface area contributed by atoms with Crippen molar-refractivity contribution in [3.05, 3.63) is 24.2 Å². The predicted octanol–water partition coefficient (Wildman–Crippen LogP) is 1.12. The fourth-order valence-electron chi connectivity index (χ4n) is 0.431. The second kappa shape index (κ2) is 2.15. The molecular formula is C6H4O2. The Morgan fingerprint density at radius 3 is 3.12 bits per heavy atom. The van der Waals surface area contributed by atoms with Gasteiger partial charge in [0.1, 0.15) is 11.7 Å². The summed E-state index contributed by atoms with van der Waals surface area (Å²) in [5.74, 6) is 2.14. The highest BCUT2D eigenvalue weighted by Gasteiger charge is 1.83. The van der Waals surface area contributed by atoms with Gasteiger partial charge in [-0.2, -0.15) is 0 Å². The van der Waals surface area contributed by atoms with Crippen molar-refractivity contribution in [1.29, 1.82) is 0 Å². The Labute approximate surface area is 46.4 Å². The van der Waals surface area contributed by atoms with Gasteiger partial charge in [-0.05, 0) is 12.1 Å². The van der Waals surface area contributed by atoms with Gasteiger partial charge in [-0.15, -0.1) is 0 Å². The summed E-state index contributed by atoms with van der Waals surface area (Å²) in [4.78, 5) is 9.63. The Morgan fingerprint density at radius 2 is 2.62 bits per heavy atom. The molecular weight excluding hydrogens is 104 g/mol. The highest BCUT2D eigenvalue weighted by molar-refractivity contribution is 5.72. The van der Waals surface area contributed by atoms with Gasteiger partial charge in [0, 0.05) is 0 Å². The third kappa shape index (κ3) is 0.863. The van der Waals surface area contributed by atoms with Gasteiger partial charge < -0.3 is 4.42 Å². The molecule has 40 valence electrons. The molecule has 2 heteroatoms. The van der Waals surface area contributed by atoms with E-state index in [0.29, 0.717) is 5.76 Å². The predicted molar refractivity (Wildman–Crippen MR) is 28.9 cm³/mol. The van der Waals surface area contributed by atoms with E-state index in [4.69, 9.17) is 4.42 Å². The normalized spacial score (nSPS) is 8.00. The monoisotopic (exact) mass is 108 g/mol. The van der Waals surface area contributed by atoms with Crippen LogP contribution in [0.15, 0.2) is 22.8 Å². The Balaban J connectivity index is 2.93. The average Bonchev–Trinajstić information content (AvgIpc) is 2.19. The molecule has 0 amide bonds. The van der Waals surface area contributed by atoms with Crippen LogP contribution < -0.4 is 0 Å². The molecule has 1 rings (SSSR count). The van der Waals surface area contributed by atoms with Crippen molar-refractivity contribution < 1.29 is 9.21 Å². The SMILES string of the molecule is O=C=Cc1ccco1. The summed E-state index contributed by atoms with van der Waals surface area (Å²) in [5, 5.41) is 0. The van der Waals surface area contributed by atoms with E-state index in [-0.39, 0.29) is 0 Å². The van der Waals surface area contributed by atoms with E-state index in [9.17, 15) is 4.79 Å². The van der Waals surface area contributed by atoms with E-state index >= 15 is 0 Å². The highest BCUT2D eigenvalue weighted by atomic mass is 16.3. The zero-order chi connectivity index (χ0) is 5.82. The van der Waals surface area contributed by atoms with Crippen molar-refractivity contribution >= 4 is 12.0 Å². The molecule has 0 aromatic carbocycles. The Kier molecular flexibility index (Phi) is 1.31. The number of rotatable bonds is 1. The summed E-state index contributed by atoms with van der Waals surface area (Å²) in [6.07, 6.45) is 2.74. The zero-order valence-corrected chi connectivity index (χ0v) is 4.13. The van der Waals surface area contributed by atoms with Crippen LogP contribution in [-0.4, -0.2) is 5.94 Å². The van der Waals surface area contributed by atoms with Crippen LogP contribution in [0, 0.1) is 0 Å². The fraction of sp³-hybridized carbons (Fsp3) is 0.